The summed E-state index contributed by atoms with van der Waals surface area (Å²) in [4.78, 5) is 0. The summed E-state index contributed by atoms with van der Waals surface area (Å²) in [6.45, 7) is 1.43. The molecular formula is C11H21F3N2. The molecule has 1 saturated carbocycles. The Hall–Kier alpha value is -0.290. The number of halogens is 3. The molecule has 1 fully saturated rings. The third-order valence-electron chi connectivity index (χ3n) is 3.20. The average Bonchev–Trinajstić information content (AvgIpc) is 2.24. The van der Waals surface area contributed by atoms with E-state index in [9.17, 15) is 13.2 Å². The van der Waals surface area contributed by atoms with Crippen LogP contribution in [0.25, 0.3) is 0 Å². The molecule has 0 saturated heterocycles. The molecule has 0 bridgehead atoms. The first-order valence-corrected chi connectivity index (χ1v) is 6.04. The third kappa shape index (κ3) is 4.70. The van der Waals surface area contributed by atoms with E-state index < -0.39 is 12.1 Å². The Morgan fingerprint density at radius 2 is 1.94 bits per heavy atom. The first-order valence-electron chi connectivity index (χ1n) is 6.04. The lowest BCUT2D eigenvalue weighted by atomic mass is 9.85. The zero-order chi connectivity index (χ0) is 12.0. The third-order valence-corrected chi connectivity index (χ3v) is 3.20. The van der Waals surface area contributed by atoms with Gasteiger partial charge in [0.25, 0.3) is 0 Å². The highest BCUT2D eigenvalue weighted by molar-refractivity contribution is 4.81. The molecule has 1 aliphatic carbocycles. The van der Waals surface area contributed by atoms with E-state index in [1.54, 1.807) is 0 Å². The van der Waals surface area contributed by atoms with Crippen LogP contribution in [0.5, 0.6) is 0 Å². The minimum Gasteiger partial charge on any atom is -0.330 e. The molecular weight excluding hydrogens is 217 g/mol. The number of unbranched alkanes of at least 4 members (excludes halogenated alkanes) is 1. The quantitative estimate of drug-likeness (QED) is 0.722. The van der Waals surface area contributed by atoms with Crippen LogP contribution in [-0.4, -0.2) is 25.3 Å². The normalized spacial score (nSPS) is 27.0. The topological polar surface area (TPSA) is 38.0 Å². The molecule has 2 nitrogen and oxygen atoms in total. The molecule has 96 valence electrons. The second kappa shape index (κ2) is 6.45. The van der Waals surface area contributed by atoms with Gasteiger partial charge in [-0.2, -0.15) is 13.2 Å². The number of rotatable bonds is 5. The minimum atomic E-state index is -4.02. The Kier molecular flexibility index (Phi) is 5.55. The summed E-state index contributed by atoms with van der Waals surface area (Å²) in [5, 5.41) is 3.20. The van der Waals surface area contributed by atoms with E-state index >= 15 is 0 Å². The van der Waals surface area contributed by atoms with Gasteiger partial charge in [0, 0.05) is 6.04 Å². The summed E-state index contributed by atoms with van der Waals surface area (Å²) in [5.74, 6) is -1.10. The van der Waals surface area contributed by atoms with E-state index in [4.69, 9.17) is 5.73 Å². The molecule has 0 heterocycles. The van der Waals surface area contributed by atoms with Crippen molar-refractivity contribution in [1.29, 1.82) is 0 Å². The highest BCUT2D eigenvalue weighted by Crippen LogP contribution is 2.37. The van der Waals surface area contributed by atoms with Gasteiger partial charge < -0.3 is 11.1 Å². The fourth-order valence-electron chi connectivity index (χ4n) is 2.25. The smallest absolute Gasteiger partial charge is 0.330 e. The molecule has 2 unspecified atom stereocenters. The molecule has 3 N–H and O–H groups in total. The van der Waals surface area contributed by atoms with Gasteiger partial charge in [0.15, 0.2) is 0 Å². The Labute approximate surface area is 94.8 Å². The standard InChI is InChI=1S/C11H21F3N2/c12-11(13,14)9-4-3-5-10(8-9)16-7-2-1-6-15/h9-10,16H,1-8,15H2. The highest BCUT2D eigenvalue weighted by Gasteiger charge is 2.41. The van der Waals surface area contributed by atoms with Gasteiger partial charge in [-0.3, -0.25) is 0 Å². The van der Waals surface area contributed by atoms with Crippen molar-refractivity contribution in [2.45, 2.75) is 50.7 Å². The summed E-state index contributed by atoms with van der Waals surface area (Å²) >= 11 is 0. The molecule has 2 atom stereocenters. The maximum absolute atomic E-state index is 12.5. The predicted molar refractivity (Wildman–Crippen MR) is 58.1 cm³/mol. The fraction of sp³-hybridized carbons (Fsp3) is 1.00. The van der Waals surface area contributed by atoms with Crippen LogP contribution in [-0.2, 0) is 0 Å². The monoisotopic (exact) mass is 238 g/mol. The van der Waals surface area contributed by atoms with Gasteiger partial charge in [-0.1, -0.05) is 6.42 Å². The van der Waals surface area contributed by atoms with Crippen molar-refractivity contribution in [2.75, 3.05) is 13.1 Å². The number of nitrogens with two attached hydrogens (primary N) is 1. The first-order chi connectivity index (χ1) is 7.54. The average molecular weight is 238 g/mol. The van der Waals surface area contributed by atoms with Crippen LogP contribution < -0.4 is 11.1 Å². The molecule has 0 aromatic rings. The Morgan fingerprint density at radius 3 is 2.56 bits per heavy atom. The van der Waals surface area contributed by atoms with E-state index in [0.29, 0.717) is 19.4 Å². The Balaban J connectivity index is 2.23. The van der Waals surface area contributed by atoms with Gasteiger partial charge >= 0.3 is 6.18 Å². The SMILES string of the molecule is NCCCCNC1CCCC(C(F)(F)F)C1. The molecule has 0 spiro atoms. The van der Waals surface area contributed by atoms with E-state index in [2.05, 4.69) is 5.32 Å². The molecule has 16 heavy (non-hydrogen) atoms. The zero-order valence-corrected chi connectivity index (χ0v) is 9.52. The minimum absolute atomic E-state index is 0.0400. The van der Waals surface area contributed by atoms with Crippen molar-refractivity contribution < 1.29 is 13.2 Å². The maximum atomic E-state index is 12.5. The summed E-state index contributed by atoms with van der Waals surface area (Å²) < 4.78 is 37.5. The highest BCUT2D eigenvalue weighted by atomic mass is 19.4. The number of nitrogens with one attached hydrogen (secondary N) is 1. The van der Waals surface area contributed by atoms with E-state index in [-0.39, 0.29) is 12.5 Å². The lowest BCUT2D eigenvalue weighted by molar-refractivity contribution is -0.183. The number of hydrogen-bond acceptors (Lipinski definition) is 2. The first kappa shape index (κ1) is 13.8. The van der Waals surface area contributed by atoms with E-state index in [1.165, 1.54) is 0 Å². The Bertz CT molecular complexity index is 194. The predicted octanol–water partition coefficient (Wildman–Crippen LogP) is 2.44. The lowest BCUT2D eigenvalue weighted by Crippen LogP contribution is -2.39. The zero-order valence-electron chi connectivity index (χ0n) is 9.52. The molecule has 1 rings (SSSR count). The molecule has 0 aliphatic heterocycles. The summed E-state index contributed by atoms with van der Waals surface area (Å²) in [6, 6.07) is 0.0400. The molecule has 0 radical (unpaired) electrons. The van der Waals surface area contributed by atoms with Crippen LogP contribution in [0.15, 0.2) is 0 Å². The van der Waals surface area contributed by atoms with Gasteiger partial charge in [-0.05, 0) is 45.2 Å². The van der Waals surface area contributed by atoms with Crippen molar-refractivity contribution in [1.82, 2.24) is 5.32 Å². The van der Waals surface area contributed by atoms with Crippen LogP contribution in [0.1, 0.15) is 38.5 Å². The second-order valence-corrected chi connectivity index (χ2v) is 4.55. The van der Waals surface area contributed by atoms with Gasteiger partial charge in [-0.15, -0.1) is 0 Å². The summed E-state index contributed by atoms with van der Waals surface area (Å²) in [6.07, 6.45) is -0.0474. The molecule has 5 heteroatoms. The van der Waals surface area contributed by atoms with Crippen LogP contribution >= 0.6 is 0 Å². The second-order valence-electron chi connectivity index (χ2n) is 4.55. The number of alkyl halides is 3. The largest absolute Gasteiger partial charge is 0.391 e. The summed E-state index contributed by atoms with van der Waals surface area (Å²) in [5.41, 5.74) is 5.35. The van der Waals surface area contributed by atoms with Gasteiger partial charge in [0.2, 0.25) is 0 Å². The van der Waals surface area contributed by atoms with Crippen LogP contribution in [0.4, 0.5) is 13.2 Å². The number of hydrogen-bond donors (Lipinski definition) is 2. The van der Waals surface area contributed by atoms with Crippen molar-refractivity contribution in [3.63, 3.8) is 0 Å². The maximum Gasteiger partial charge on any atom is 0.391 e. The molecule has 0 amide bonds. The fourth-order valence-corrected chi connectivity index (χ4v) is 2.25. The van der Waals surface area contributed by atoms with Crippen molar-refractivity contribution in [2.24, 2.45) is 11.7 Å². The lowest BCUT2D eigenvalue weighted by Gasteiger charge is -2.31. The molecule has 1 aliphatic rings. The van der Waals surface area contributed by atoms with E-state index in [1.807, 2.05) is 0 Å². The van der Waals surface area contributed by atoms with Crippen molar-refractivity contribution in [3.8, 4) is 0 Å². The van der Waals surface area contributed by atoms with Crippen molar-refractivity contribution >= 4 is 0 Å². The Morgan fingerprint density at radius 1 is 1.19 bits per heavy atom. The van der Waals surface area contributed by atoms with Crippen LogP contribution in [0.3, 0.4) is 0 Å². The van der Waals surface area contributed by atoms with Crippen molar-refractivity contribution in [3.05, 3.63) is 0 Å². The molecule has 0 aromatic heterocycles. The van der Waals surface area contributed by atoms with E-state index in [0.717, 1.165) is 25.8 Å². The summed E-state index contributed by atoms with van der Waals surface area (Å²) in [7, 11) is 0. The van der Waals surface area contributed by atoms with Gasteiger partial charge in [0.1, 0.15) is 0 Å². The van der Waals surface area contributed by atoms with Crippen LogP contribution in [0.2, 0.25) is 0 Å². The van der Waals surface area contributed by atoms with Gasteiger partial charge in [0.05, 0.1) is 5.92 Å². The molecule has 0 aromatic carbocycles. The van der Waals surface area contributed by atoms with Gasteiger partial charge in [-0.25, -0.2) is 0 Å². The van der Waals surface area contributed by atoms with Crippen LogP contribution in [0, 0.1) is 5.92 Å².